The van der Waals surface area contributed by atoms with Gasteiger partial charge in [0.1, 0.15) is 6.61 Å². The van der Waals surface area contributed by atoms with Gasteiger partial charge in [0, 0.05) is 24.9 Å². The van der Waals surface area contributed by atoms with E-state index in [0.29, 0.717) is 29.4 Å². The number of carbonyl (C=O) groups excluding carboxylic acids is 3. The number of carbonyl (C=O) groups is 3. The van der Waals surface area contributed by atoms with E-state index in [1.165, 1.54) is 0 Å². The molecule has 0 saturated carbocycles. The van der Waals surface area contributed by atoms with Crippen LogP contribution < -0.4 is 19.7 Å². The Hall–Kier alpha value is -4.13. The van der Waals surface area contributed by atoms with E-state index in [4.69, 9.17) is 9.47 Å². The average molecular weight is 444 g/mol. The topological polar surface area (TPSA) is 84.9 Å². The Kier molecular flexibility index (Phi) is 6.69. The zero-order chi connectivity index (χ0) is 23.2. The molecule has 1 aliphatic rings. The van der Waals surface area contributed by atoms with E-state index in [2.05, 4.69) is 5.32 Å². The standard InChI is InChI=1S/C26H24N2O5/c1-32-23-14-19(10-11-22(23)33-17-18-6-3-2-4-7-18)16-27-26(31)20-8-5-9-21(15-20)28-24(29)12-13-25(28)30/h2-11,14-15H,12-13,16-17H2,1H3,(H,27,31). The van der Waals surface area contributed by atoms with Crippen molar-refractivity contribution in [1.82, 2.24) is 5.32 Å². The predicted molar refractivity (Wildman–Crippen MR) is 123 cm³/mol. The zero-order valence-electron chi connectivity index (χ0n) is 18.2. The molecule has 0 aliphatic carbocycles. The maximum atomic E-state index is 12.7. The van der Waals surface area contributed by atoms with Gasteiger partial charge in [0.15, 0.2) is 11.5 Å². The highest BCUT2D eigenvalue weighted by Crippen LogP contribution is 2.29. The van der Waals surface area contributed by atoms with Crippen LogP contribution >= 0.6 is 0 Å². The molecule has 1 fully saturated rings. The number of ether oxygens (including phenoxy) is 2. The smallest absolute Gasteiger partial charge is 0.251 e. The second kappa shape index (κ2) is 9.99. The molecular weight excluding hydrogens is 420 g/mol. The van der Waals surface area contributed by atoms with Crippen LogP contribution in [-0.2, 0) is 22.7 Å². The summed E-state index contributed by atoms with van der Waals surface area (Å²) in [6.45, 7) is 0.700. The Bertz CT molecular complexity index is 1160. The Balaban J connectivity index is 1.39. The third kappa shape index (κ3) is 5.20. The van der Waals surface area contributed by atoms with Crippen LogP contribution in [0.3, 0.4) is 0 Å². The van der Waals surface area contributed by atoms with Crippen LogP contribution in [0.25, 0.3) is 0 Å². The summed E-state index contributed by atoms with van der Waals surface area (Å²) < 4.78 is 11.3. The van der Waals surface area contributed by atoms with Crippen molar-refractivity contribution < 1.29 is 23.9 Å². The molecule has 1 aliphatic heterocycles. The number of amides is 3. The Morgan fingerprint density at radius 3 is 2.36 bits per heavy atom. The van der Waals surface area contributed by atoms with Crippen LogP contribution in [-0.4, -0.2) is 24.8 Å². The molecule has 0 bridgehead atoms. The molecular formula is C26H24N2O5. The van der Waals surface area contributed by atoms with Crippen molar-refractivity contribution in [1.29, 1.82) is 0 Å². The number of benzene rings is 3. The molecule has 0 atom stereocenters. The quantitative estimate of drug-likeness (QED) is 0.534. The first-order valence-electron chi connectivity index (χ1n) is 10.6. The molecule has 3 aromatic rings. The van der Waals surface area contributed by atoms with Crippen molar-refractivity contribution in [2.45, 2.75) is 26.0 Å². The van der Waals surface area contributed by atoms with Gasteiger partial charge in [0.2, 0.25) is 11.8 Å². The lowest BCUT2D eigenvalue weighted by Crippen LogP contribution is -2.29. The maximum Gasteiger partial charge on any atom is 0.251 e. The van der Waals surface area contributed by atoms with Crippen molar-refractivity contribution in [3.63, 3.8) is 0 Å². The van der Waals surface area contributed by atoms with Gasteiger partial charge in [-0.05, 0) is 41.5 Å². The first-order chi connectivity index (χ1) is 16.0. The minimum atomic E-state index is -0.306. The largest absolute Gasteiger partial charge is 0.493 e. The summed E-state index contributed by atoms with van der Waals surface area (Å²) in [4.78, 5) is 37.8. The van der Waals surface area contributed by atoms with Crippen molar-refractivity contribution >= 4 is 23.4 Å². The number of rotatable bonds is 8. The van der Waals surface area contributed by atoms with Gasteiger partial charge in [-0.25, -0.2) is 0 Å². The van der Waals surface area contributed by atoms with Crippen LogP contribution in [0.2, 0.25) is 0 Å². The SMILES string of the molecule is COc1cc(CNC(=O)c2cccc(N3C(=O)CCC3=O)c2)ccc1OCc1ccccc1. The molecule has 168 valence electrons. The van der Waals surface area contributed by atoms with E-state index in [1.54, 1.807) is 31.4 Å². The molecule has 1 saturated heterocycles. The summed E-state index contributed by atoms with van der Waals surface area (Å²) >= 11 is 0. The molecule has 0 unspecified atom stereocenters. The Morgan fingerprint density at radius 1 is 0.879 bits per heavy atom. The molecule has 7 nitrogen and oxygen atoms in total. The maximum absolute atomic E-state index is 12.7. The van der Waals surface area contributed by atoms with Gasteiger partial charge in [0.25, 0.3) is 5.91 Å². The zero-order valence-corrected chi connectivity index (χ0v) is 18.2. The number of nitrogens with one attached hydrogen (secondary N) is 1. The second-order valence-electron chi connectivity index (χ2n) is 7.62. The van der Waals surface area contributed by atoms with Crippen molar-refractivity contribution in [2.24, 2.45) is 0 Å². The molecule has 1 heterocycles. The summed E-state index contributed by atoms with van der Waals surface area (Å²) in [5.74, 6) is 0.382. The van der Waals surface area contributed by atoms with Gasteiger partial charge < -0.3 is 14.8 Å². The molecule has 1 N–H and O–H groups in total. The lowest BCUT2D eigenvalue weighted by atomic mass is 10.1. The first kappa shape index (κ1) is 22.1. The molecule has 0 aromatic heterocycles. The Morgan fingerprint density at radius 2 is 1.64 bits per heavy atom. The van der Waals surface area contributed by atoms with E-state index in [1.807, 2.05) is 48.5 Å². The van der Waals surface area contributed by atoms with Gasteiger partial charge in [-0.15, -0.1) is 0 Å². The van der Waals surface area contributed by atoms with Gasteiger partial charge >= 0.3 is 0 Å². The fourth-order valence-corrected chi connectivity index (χ4v) is 3.61. The number of methoxy groups -OCH3 is 1. The summed E-state index contributed by atoms with van der Waals surface area (Å²) in [5, 5.41) is 2.86. The summed E-state index contributed by atoms with van der Waals surface area (Å²) in [7, 11) is 1.57. The van der Waals surface area contributed by atoms with E-state index in [-0.39, 0.29) is 37.1 Å². The van der Waals surface area contributed by atoms with Crippen LogP contribution in [0.15, 0.2) is 72.8 Å². The lowest BCUT2D eigenvalue weighted by molar-refractivity contribution is -0.121. The van der Waals surface area contributed by atoms with Gasteiger partial charge in [0.05, 0.1) is 12.8 Å². The van der Waals surface area contributed by atoms with Gasteiger partial charge in [-0.3, -0.25) is 19.3 Å². The minimum Gasteiger partial charge on any atom is -0.493 e. The summed E-state index contributed by atoms with van der Waals surface area (Å²) in [5.41, 5.74) is 2.68. The highest BCUT2D eigenvalue weighted by molar-refractivity contribution is 6.20. The van der Waals surface area contributed by atoms with Crippen molar-refractivity contribution in [3.8, 4) is 11.5 Å². The van der Waals surface area contributed by atoms with Crippen LogP contribution in [0.4, 0.5) is 5.69 Å². The first-order valence-corrected chi connectivity index (χ1v) is 10.6. The minimum absolute atomic E-state index is 0.197. The van der Waals surface area contributed by atoms with E-state index < -0.39 is 0 Å². The number of nitrogens with zero attached hydrogens (tertiary/aromatic N) is 1. The van der Waals surface area contributed by atoms with E-state index >= 15 is 0 Å². The van der Waals surface area contributed by atoms with E-state index in [9.17, 15) is 14.4 Å². The third-order valence-electron chi connectivity index (χ3n) is 5.34. The van der Waals surface area contributed by atoms with E-state index in [0.717, 1.165) is 16.0 Å². The van der Waals surface area contributed by atoms with Crippen LogP contribution in [0.5, 0.6) is 11.5 Å². The van der Waals surface area contributed by atoms with Crippen LogP contribution in [0.1, 0.15) is 34.3 Å². The number of hydrogen-bond acceptors (Lipinski definition) is 5. The van der Waals surface area contributed by atoms with Crippen molar-refractivity contribution in [3.05, 3.63) is 89.5 Å². The average Bonchev–Trinajstić information content (AvgIpc) is 3.19. The highest BCUT2D eigenvalue weighted by Gasteiger charge is 2.30. The lowest BCUT2D eigenvalue weighted by Gasteiger charge is -2.15. The molecule has 4 rings (SSSR count). The predicted octanol–water partition coefficient (Wildman–Crippen LogP) is 3.86. The van der Waals surface area contributed by atoms with Crippen molar-refractivity contribution in [2.75, 3.05) is 12.0 Å². The highest BCUT2D eigenvalue weighted by atomic mass is 16.5. The van der Waals surface area contributed by atoms with Gasteiger partial charge in [-0.2, -0.15) is 0 Å². The number of anilines is 1. The second-order valence-corrected chi connectivity index (χ2v) is 7.62. The number of hydrogen-bond donors (Lipinski definition) is 1. The molecule has 0 radical (unpaired) electrons. The van der Waals surface area contributed by atoms with Gasteiger partial charge in [-0.1, -0.05) is 42.5 Å². The molecule has 3 amide bonds. The van der Waals surface area contributed by atoms with Crippen LogP contribution in [0, 0.1) is 0 Å². The fraction of sp³-hybridized carbons (Fsp3) is 0.192. The summed E-state index contributed by atoms with van der Waals surface area (Å²) in [6.07, 6.45) is 0.393. The number of imide groups is 1. The third-order valence-corrected chi connectivity index (χ3v) is 5.34. The normalized spacial score (nSPS) is 13.2. The molecule has 0 spiro atoms. The fourth-order valence-electron chi connectivity index (χ4n) is 3.61. The molecule has 7 heteroatoms. The molecule has 3 aromatic carbocycles. The monoisotopic (exact) mass is 444 g/mol. The Labute approximate surface area is 191 Å². The molecule has 33 heavy (non-hydrogen) atoms. The summed E-state index contributed by atoms with van der Waals surface area (Å²) in [6, 6.07) is 21.8.